The zero-order valence-electron chi connectivity index (χ0n) is 17.0. The van der Waals surface area contributed by atoms with Gasteiger partial charge in [0.05, 0.1) is 23.4 Å². The summed E-state index contributed by atoms with van der Waals surface area (Å²) in [5, 5.41) is 3.43. The SMILES string of the molecule is COc1ccccc1NC(=O)Cn1cc(S(=O)(=O)Cc2ccccc2)c2ccccc21. The highest BCUT2D eigenvalue weighted by atomic mass is 32.2. The summed E-state index contributed by atoms with van der Waals surface area (Å²) in [6, 6.07) is 23.4. The highest BCUT2D eigenvalue weighted by Crippen LogP contribution is 2.28. The number of carbonyl (C=O) groups excluding carboxylic acids is 1. The summed E-state index contributed by atoms with van der Waals surface area (Å²) < 4.78 is 33.3. The molecule has 3 aromatic carbocycles. The number of aromatic nitrogens is 1. The van der Waals surface area contributed by atoms with Gasteiger partial charge in [-0.3, -0.25) is 4.79 Å². The van der Waals surface area contributed by atoms with E-state index in [9.17, 15) is 13.2 Å². The quantitative estimate of drug-likeness (QED) is 0.471. The Morgan fingerprint density at radius 1 is 0.935 bits per heavy atom. The van der Waals surface area contributed by atoms with Crippen LogP contribution < -0.4 is 10.1 Å². The van der Waals surface area contributed by atoms with Gasteiger partial charge in [-0.05, 0) is 23.8 Å². The van der Waals surface area contributed by atoms with Crippen molar-refractivity contribution in [2.75, 3.05) is 12.4 Å². The predicted octanol–water partition coefficient (Wildman–Crippen LogP) is 4.26. The van der Waals surface area contributed by atoms with Gasteiger partial charge in [0, 0.05) is 17.1 Å². The van der Waals surface area contributed by atoms with Crippen molar-refractivity contribution in [1.29, 1.82) is 0 Å². The van der Waals surface area contributed by atoms with Crippen molar-refractivity contribution in [3.05, 3.63) is 90.6 Å². The Bertz CT molecular complexity index is 1330. The summed E-state index contributed by atoms with van der Waals surface area (Å²) in [7, 11) is -2.06. The first-order chi connectivity index (χ1) is 15.0. The average Bonchev–Trinajstić information content (AvgIpc) is 3.14. The van der Waals surface area contributed by atoms with Crippen molar-refractivity contribution < 1.29 is 17.9 Å². The van der Waals surface area contributed by atoms with Crippen molar-refractivity contribution >= 4 is 32.3 Å². The van der Waals surface area contributed by atoms with Gasteiger partial charge in [-0.2, -0.15) is 0 Å². The highest BCUT2D eigenvalue weighted by molar-refractivity contribution is 7.90. The van der Waals surface area contributed by atoms with Crippen LogP contribution in [0.2, 0.25) is 0 Å². The molecule has 1 amide bonds. The number of benzene rings is 3. The van der Waals surface area contributed by atoms with Crippen LogP contribution in [0.15, 0.2) is 90.0 Å². The van der Waals surface area contributed by atoms with Crippen molar-refractivity contribution in [1.82, 2.24) is 4.57 Å². The number of fused-ring (bicyclic) bond motifs is 1. The van der Waals surface area contributed by atoms with Gasteiger partial charge >= 0.3 is 0 Å². The molecular weight excluding hydrogens is 412 g/mol. The van der Waals surface area contributed by atoms with Gasteiger partial charge in [0.2, 0.25) is 5.91 Å². The fourth-order valence-electron chi connectivity index (χ4n) is 3.56. The van der Waals surface area contributed by atoms with E-state index >= 15 is 0 Å². The molecule has 4 aromatic rings. The minimum absolute atomic E-state index is 0.0284. The molecule has 1 aromatic heterocycles. The molecule has 0 bridgehead atoms. The molecule has 4 rings (SSSR count). The number of rotatable bonds is 7. The molecule has 0 aliphatic carbocycles. The largest absolute Gasteiger partial charge is 0.495 e. The third kappa shape index (κ3) is 4.46. The van der Waals surface area contributed by atoms with Crippen LogP contribution in [0.25, 0.3) is 10.9 Å². The van der Waals surface area contributed by atoms with E-state index in [2.05, 4.69) is 5.32 Å². The van der Waals surface area contributed by atoms with Crippen molar-refractivity contribution in [2.45, 2.75) is 17.2 Å². The number of methoxy groups -OCH3 is 1. The maximum Gasteiger partial charge on any atom is 0.244 e. The number of ether oxygens (including phenoxy) is 1. The first-order valence-corrected chi connectivity index (χ1v) is 11.4. The summed E-state index contributed by atoms with van der Waals surface area (Å²) in [5.41, 5.74) is 1.96. The second-order valence-corrected chi connectivity index (χ2v) is 9.09. The van der Waals surface area contributed by atoms with Crippen LogP contribution in [-0.4, -0.2) is 26.0 Å². The number of nitrogens with one attached hydrogen (secondary N) is 1. The van der Waals surface area contributed by atoms with Crippen LogP contribution in [0.5, 0.6) is 5.75 Å². The van der Waals surface area contributed by atoms with E-state index in [1.807, 2.05) is 36.4 Å². The Labute approximate surface area is 181 Å². The number of sulfone groups is 1. The first-order valence-electron chi connectivity index (χ1n) is 9.75. The second kappa shape index (κ2) is 8.65. The maximum absolute atomic E-state index is 13.2. The molecule has 7 heteroatoms. The van der Waals surface area contributed by atoms with Gasteiger partial charge in [0.15, 0.2) is 9.84 Å². The van der Waals surface area contributed by atoms with Gasteiger partial charge < -0.3 is 14.6 Å². The van der Waals surface area contributed by atoms with E-state index in [-0.39, 0.29) is 23.1 Å². The summed E-state index contributed by atoms with van der Waals surface area (Å²) in [6.07, 6.45) is 1.55. The predicted molar refractivity (Wildman–Crippen MR) is 121 cm³/mol. The van der Waals surface area contributed by atoms with E-state index in [1.54, 1.807) is 53.2 Å². The van der Waals surface area contributed by atoms with Gasteiger partial charge in [-0.25, -0.2) is 8.42 Å². The molecule has 0 saturated heterocycles. The smallest absolute Gasteiger partial charge is 0.244 e. The first kappa shape index (κ1) is 20.7. The lowest BCUT2D eigenvalue weighted by Gasteiger charge is -2.10. The second-order valence-electron chi connectivity index (χ2n) is 7.13. The third-order valence-corrected chi connectivity index (χ3v) is 6.69. The molecule has 158 valence electrons. The van der Waals surface area contributed by atoms with Crippen LogP contribution in [-0.2, 0) is 26.9 Å². The normalized spacial score (nSPS) is 11.4. The number of amides is 1. The Kier molecular flexibility index (Phi) is 5.77. The average molecular weight is 435 g/mol. The van der Waals surface area contributed by atoms with Crippen LogP contribution in [0.3, 0.4) is 0 Å². The molecule has 6 nitrogen and oxygen atoms in total. The molecule has 0 radical (unpaired) electrons. The highest BCUT2D eigenvalue weighted by Gasteiger charge is 2.22. The number of hydrogen-bond acceptors (Lipinski definition) is 4. The summed E-state index contributed by atoms with van der Waals surface area (Å²) >= 11 is 0. The molecular formula is C24H22N2O4S. The number of nitrogens with zero attached hydrogens (tertiary/aromatic N) is 1. The topological polar surface area (TPSA) is 77.4 Å². The zero-order chi connectivity index (χ0) is 21.8. The van der Waals surface area contributed by atoms with E-state index in [0.717, 1.165) is 0 Å². The molecule has 0 fully saturated rings. The number of carbonyl (C=O) groups is 1. The van der Waals surface area contributed by atoms with E-state index in [1.165, 1.54) is 7.11 Å². The summed E-state index contributed by atoms with van der Waals surface area (Å²) in [5.74, 6) is 0.173. The van der Waals surface area contributed by atoms with Crippen LogP contribution in [0, 0.1) is 0 Å². The van der Waals surface area contributed by atoms with Crippen molar-refractivity contribution in [2.24, 2.45) is 0 Å². The lowest BCUT2D eigenvalue weighted by Crippen LogP contribution is -2.18. The Hall–Kier alpha value is -3.58. The lowest BCUT2D eigenvalue weighted by molar-refractivity contribution is -0.116. The van der Waals surface area contributed by atoms with Crippen LogP contribution in [0.1, 0.15) is 5.56 Å². The number of anilines is 1. The number of hydrogen-bond donors (Lipinski definition) is 1. The Balaban J connectivity index is 1.64. The third-order valence-electron chi connectivity index (χ3n) is 4.98. The zero-order valence-corrected chi connectivity index (χ0v) is 17.8. The molecule has 0 spiro atoms. The van der Waals surface area contributed by atoms with E-state index < -0.39 is 9.84 Å². The molecule has 1 heterocycles. The Morgan fingerprint density at radius 2 is 1.61 bits per heavy atom. The summed E-state index contributed by atoms with van der Waals surface area (Å²) in [4.78, 5) is 12.9. The molecule has 0 atom stereocenters. The van der Waals surface area contributed by atoms with Crippen molar-refractivity contribution in [3.63, 3.8) is 0 Å². The van der Waals surface area contributed by atoms with Crippen molar-refractivity contribution in [3.8, 4) is 5.75 Å². The molecule has 31 heavy (non-hydrogen) atoms. The van der Waals surface area contributed by atoms with Crippen LogP contribution in [0.4, 0.5) is 5.69 Å². The summed E-state index contributed by atoms with van der Waals surface area (Å²) in [6.45, 7) is -0.0284. The standard InChI is InChI=1S/C24H22N2O4S/c1-30-22-14-8-6-12-20(22)25-24(27)16-26-15-23(19-11-5-7-13-21(19)26)31(28,29)17-18-9-3-2-4-10-18/h2-15H,16-17H2,1H3,(H,25,27). The Morgan fingerprint density at radius 3 is 2.39 bits per heavy atom. The van der Waals surface area contributed by atoms with E-state index in [4.69, 9.17) is 4.74 Å². The number of para-hydroxylation sites is 3. The molecule has 0 saturated carbocycles. The maximum atomic E-state index is 13.2. The van der Waals surface area contributed by atoms with Crippen LogP contribution >= 0.6 is 0 Å². The lowest BCUT2D eigenvalue weighted by atomic mass is 10.2. The molecule has 0 aliphatic heterocycles. The van der Waals surface area contributed by atoms with Gasteiger partial charge in [0.25, 0.3) is 0 Å². The minimum atomic E-state index is -3.60. The molecule has 0 unspecified atom stereocenters. The molecule has 0 aliphatic rings. The fraction of sp³-hybridized carbons (Fsp3) is 0.125. The minimum Gasteiger partial charge on any atom is -0.495 e. The van der Waals surface area contributed by atoms with Gasteiger partial charge in [-0.15, -0.1) is 0 Å². The molecule has 1 N–H and O–H groups in total. The van der Waals surface area contributed by atoms with E-state index in [0.29, 0.717) is 27.9 Å². The monoisotopic (exact) mass is 434 g/mol. The van der Waals surface area contributed by atoms with Gasteiger partial charge in [-0.1, -0.05) is 60.7 Å². The van der Waals surface area contributed by atoms with Gasteiger partial charge in [0.1, 0.15) is 12.3 Å². The fourth-order valence-corrected chi connectivity index (χ4v) is 5.14.